The van der Waals surface area contributed by atoms with Crippen LogP contribution in [0.15, 0.2) is 24.3 Å². The zero-order valence-electron chi connectivity index (χ0n) is 12.6. The number of carbonyl (C=O) groups is 2. The standard InChI is InChI=1S/C16H22N2O3/c1-3-21-15-7-5-4-6-14(15)17-16(20)13-8-10-18(11-9-13)12(2)19/h4-7,13H,3,8-11H2,1-2H3,(H,17,20). The van der Waals surface area contributed by atoms with E-state index in [1.807, 2.05) is 31.2 Å². The minimum atomic E-state index is -0.0460. The van der Waals surface area contributed by atoms with Crippen LogP contribution in [0.5, 0.6) is 5.75 Å². The summed E-state index contributed by atoms with van der Waals surface area (Å²) in [5, 5.41) is 2.94. The van der Waals surface area contributed by atoms with Gasteiger partial charge in [-0.05, 0) is 31.9 Å². The Morgan fingerprint density at radius 1 is 1.29 bits per heavy atom. The van der Waals surface area contributed by atoms with Crippen LogP contribution in [0.3, 0.4) is 0 Å². The Balaban J connectivity index is 1.95. The van der Waals surface area contributed by atoms with E-state index >= 15 is 0 Å². The molecule has 1 heterocycles. The van der Waals surface area contributed by atoms with E-state index in [2.05, 4.69) is 5.32 Å². The van der Waals surface area contributed by atoms with Crippen LogP contribution in [0.2, 0.25) is 0 Å². The monoisotopic (exact) mass is 290 g/mol. The lowest BCUT2D eigenvalue weighted by atomic mass is 9.96. The van der Waals surface area contributed by atoms with E-state index in [0.29, 0.717) is 44.0 Å². The van der Waals surface area contributed by atoms with Gasteiger partial charge in [-0.3, -0.25) is 9.59 Å². The van der Waals surface area contributed by atoms with Crippen LogP contribution in [0.25, 0.3) is 0 Å². The van der Waals surface area contributed by atoms with E-state index in [9.17, 15) is 9.59 Å². The molecule has 21 heavy (non-hydrogen) atoms. The minimum absolute atomic E-state index is 0.00496. The maximum absolute atomic E-state index is 12.3. The van der Waals surface area contributed by atoms with Crippen molar-refractivity contribution in [3.63, 3.8) is 0 Å². The van der Waals surface area contributed by atoms with Crippen LogP contribution >= 0.6 is 0 Å². The number of nitrogens with one attached hydrogen (secondary N) is 1. The highest BCUT2D eigenvalue weighted by Gasteiger charge is 2.26. The summed E-state index contributed by atoms with van der Waals surface area (Å²) in [4.78, 5) is 25.4. The van der Waals surface area contributed by atoms with Crippen LogP contribution in [0, 0.1) is 5.92 Å². The van der Waals surface area contributed by atoms with Crippen molar-refractivity contribution < 1.29 is 14.3 Å². The van der Waals surface area contributed by atoms with Gasteiger partial charge in [-0.2, -0.15) is 0 Å². The lowest BCUT2D eigenvalue weighted by molar-refractivity contribution is -0.132. The second-order valence-electron chi connectivity index (χ2n) is 5.20. The molecule has 0 saturated carbocycles. The lowest BCUT2D eigenvalue weighted by Crippen LogP contribution is -2.40. The molecule has 0 aromatic heterocycles. The second-order valence-corrected chi connectivity index (χ2v) is 5.20. The van der Waals surface area contributed by atoms with Crippen LogP contribution < -0.4 is 10.1 Å². The first-order chi connectivity index (χ1) is 10.1. The lowest BCUT2D eigenvalue weighted by Gasteiger charge is -2.30. The van der Waals surface area contributed by atoms with Gasteiger partial charge in [-0.1, -0.05) is 12.1 Å². The largest absolute Gasteiger partial charge is 0.492 e. The molecule has 0 aliphatic carbocycles. The summed E-state index contributed by atoms with van der Waals surface area (Å²) in [6, 6.07) is 7.44. The molecule has 114 valence electrons. The first-order valence-corrected chi connectivity index (χ1v) is 7.40. The average molecular weight is 290 g/mol. The zero-order chi connectivity index (χ0) is 15.2. The Morgan fingerprint density at radius 2 is 1.95 bits per heavy atom. The van der Waals surface area contributed by atoms with E-state index in [0.717, 1.165) is 0 Å². The Kier molecular flexibility index (Phi) is 5.20. The quantitative estimate of drug-likeness (QED) is 0.925. The number of likely N-dealkylation sites (tertiary alicyclic amines) is 1. The van der Waals surface area contributed by atoms with Crippen molar-refractivity contribution in [3.05, 3.63) is 24.3 Å². The number of anilines is 1. The summed E-state index contributed by atoms with van der Waals surface area (Å²) >= 11 is 0. The molecule has 0 bridgehead atoms. The molecule has 1 aromatic rings. The van der Waals surface area contributed by atoms with E-state index in [1.165, 1.54) is 0 Å². The number of hydrogen-bond donors (Lipinski definition) is 1. The van der Waals surface area contributed by atoms with E-state index in [1.54, 1.807) is 11.8 Å². The molecule has 0 radical (unpaired) electrons. The van der Waals surface area contributed by atoms with Crippen molar-refractivity contribution in [1.82, 2.24) is 4.90 Å². The molecule has 1 saturated heterocycles. The fourth-order valence-electron chi connectivity index (χ4n) is 2.54. The molecule has 1 aliphatic rings. The number of hydrogen-bond acceptors (Lipinski definition) is 3. The van der Waals surface area contributed by atoms with Gasteiger partial charge in [0, 0.05) is 25.9 Å². The van der Waals surface area contributed by atoms with Crippen LogP contribution in [-0.4, -0.2) is 36.4 Å². The third kappa shape index (κ3) is 3.97. The molecule has 0 unspecified atom stereocenters. The summed E-state index contributed by atoms with van der Waals surface area (Å²) in [5.74, 6) is 0.728. The Morgan fingerprint density at radius 3 is 2.57 bits per heavy atom. The molecule has 1 fully saturated rings. The van der Waals surface area contributed by atoms with Gasteiger partial charge in [0.15, 0.2) is 0 Å². The number of amides is 2. The van der Waals surface area contributed by atoms with E-state index in [-0.39, 0.29) is 17.7 Å². The smallest absolute Gasteiger partial charge is 0.227 e. The molecule has 1 aliphatic heterocycles. The highest BCUT2D eigenvalue weighted by Crippen LogP contribution is 2.26. The SMILES string of the molecule is CCOc1ccccc1NC(=O)C1CCN(C(C)=O)CC1. The number of piperidine rings is 1. The number of para-hydroxylation sites is 2. The van der Waals surface area contributed by atoms with Crippen molar-refractivity contribution in [2.45, 2.75) is 26.7 Å². The maximum Gasteiger partial charge on any atom is 0.227 e. The predicted molar refractivity (Wildman–Crippen MR) is 81.2 cm³/mol. The molecule has 2 rings (SSSR count). The number of rotatable bonds is 4. The molecule has 5 heteroatoms. The van der Waals surface area contributed by atoms with Gasteiger partial charge in [0.25, 0.3) is 0 Å². The summed E-state index contributed by atoms with van der Waals surface area (Å²) in [7, 11) is 0. The number of benzene rings is 1. The Bertz CT molecular complexity index is 508. The van der Waals surface area contributed by atoms with Gasteiger partial charge in [-0.25, -0.2) is 0 Å². The molecule has 5 nitrogen and oxygen atoms in total. The van der Waals surface area contributed by atoms with Gasteiger partial charge in [0.1, 0.15) is 5.75 Å². The molecular formula is C16H22N2O3. The van der Waals surface area contributed by atoms with Gasteiger partial charge in [0.05, 0.1) is 12.3 Å². The Hall–Kier alpha value is -2.04. The highest BCUT2D eigenvalue weighted by atomic mass is 16.5. The van der Waals surface area contributed by atoms with E-state index < -0.39 is 0 Å². The fraction of sp³-hybridized carbons (Fsp3) is 0.500. The number of ether oxygens (including phenoxy) is 1. The maximum atomic E-state index is 12.3. The predicted octanol–water partition coefficient (Wildman–Crippen LogP) is 2.28. The van der Waals surface area contributed by atoms with Gasteiger partial charge in [-0.15, -0.1) is 0 Å². The summed E-state index contributed by atoms with van der Waals surface area (Å²) in [6.45, 7) is 5.35. The molecule has 0 spiro atoms. The highest BCUT2D eigenvalue weighted by molar-refractivity contribution is 5.94. The first kappa shape index (κ1) is 15.4. The summed E-state index contributed by atoms with van der Waals surface area (Å²) in [6.07, 6.45) is 1.42. The molecule has 1 aromatic carbocycles. The zero-order valence-corrected chi connectivity index (χ0v) is 12.6. The third-order valence-electron chi connectivity index (χ3n) is 3.76. The minimum Gasteiger partial charge on any atom is -0.492 e. The molecule has 1 N–H and O–H groups in total. The van der Waals surface area contributed by atoms with E-state index in [4.69, 9.17) is 4.74 Å². The average Bonchev–Trinajstić information content (AvgIpc) is 2.49. The van der Waals surface area contributed by atoms with Crippen LogP contribution in [-0.2, 0) is 9.59 Å². The van der Waals surface area contributed by atoms with Gasteiger partial charge in [0.2, 0.25) is 11.8 Å². The normalized spacial score (nSPS) is 15.6. The number of carbonyl (C=O) groups excluding carboxylic acids is 2. The van der Waals surface area contributed by atoms with Crippen molar-refractivity contribution >= 4 is 17.5 Å². The number of nitrogens with zero attached hydrogens (tertiary/aromatic N) is 1. The molecule has 0 atom stereocenters. The molecular weight excluding hydrogens is 268 g/mol. The van der Waals surface area contributed by atoms with Gasteiger partial charge >= 0.3 is 0 Å². The van der Waals surface area contributed by atoms with Gasteiger partial charge < -0.3 is 15.0 Å². The Labute approximate surface area is 125 Å². The van der Waals surface area contributed by atoms with Crippen LogP contribution in [0.1, 0.15) is 26.7 Å². The summed E-state index contributed by atoms with van der Waals surface area (Å²) < 4.78 is 5.51. The topological polar surface area (TPSA) is 58.6 Å². The third-order valence-corrected chi connectivity index (χ3v) is 3.76. The first-order valence-electron chi connectivity index (χ1n) is 7.40. The second kappa shape index (κ2) is 7.11. The fourth-order valence-corrected chi connectivity index (χ4v) is 2.54. The molecule has 2 amide bonds. The summed E-state index contributed by atoms with van der Waals surface area (Å²) in [5.41, 5.74) is 0.707. The van der Waals surface area contributed by atoms with Crippen molar-refractivity contribution in [2.24, 2.45) is 5.92 Å². The van der Waals surface area contributed by atoms with Crippen molar-refractivity contribution in [2.75, 3.05) is 25.0 Å². The van der Waals surface area contributed by atoms with Crippen molar-refractivity contribution in [3.8, 4) is 5.75 Å². The van der Waals surface area contributed by atoms with Crippen LogP contribution in [0.4, 0.5) is 5.69 Å². The van der Waals surface area contributed by atoms with Crippen molar-refractivity contribution in [1.29, 1.82) is 0 Å².